The lowest BCUT2D eigenvalue weighted by Crippen LogP contribution is -2.32. The maximum atomic E-state index is 11.8. The minimum absolute atomic E-state index is 0.0609. The number of benzene rings is 2. The van der Waals surface area contributed by atoms with Crippen molar-refractivity contribution in [2.24, 2.45) is 0 Å². The van der Waals surface area contributed by atoms with E-state index in [2.05, 4.69) is 10.6 Å². The molecule has 6 heteroatoms. The predicted molar refractivity (Wildman–Crippen MR) is 84.6 cm³/mol. The normalized spacial score (nSPS) is 11.3. The standard InChI is InChI=1S/C16H14ClN3O2/c17-13-6-4-12(5-7-13)15(21)10-19-16(22)20-14-3-1-2-11(8-14)9-18/h1-8,15,21H,10H2,(H2,19,20,22). The number of nitriles is 1. The molecule has 0 bridgehead atoms. The molecule has 2 amide bonds. The Morgan fingerprint density at radius 2 is 2.00 bits per heavy atom. The number of carbonyl (C=O) groups is 1. The number of nitrogens with zero attached hydrogens (tertiary/aromatic N) is 1. The Labute approximate surface area is 133 Å². The number of hydrogen-bond acceptors (Lipinski definition) is 3. The van der Waals surface area contributed by atoms with Gasteiger partial charge in [-0.15, -0.1) is 0 Å². The molecule has 0 fully saturated rings. The Kier molecular flexibility index (Phi) is 5.37. The maximum absolute atomic E-state index is 11.8. The molecule has 0 aromatic heterocycles. The lowest BCUT2D eigenvalue weighted by Gasteiger charge is -2.13. The number of amides is 2. The third-order valence-electron chi connectivity index (χ3n) is 2.96. The highest BCUT2D eigenvalue weighted by atomic mass is 35.5. The number of urea groups is 1. The van der Waals surface area contributed by atoms with Crippen molar-refractivity contribution in [2.45, 2.75) is 6.10 Å². The molecule has 2 aromatic rings. The van der Waals surface area contributed by atoms with E-state index < -0.39 is 12.1 Å². The number of halogens is 1. The van der Waals surface area contributed by atoms with Crippen molar-refractivity contribution in [3.63, 3.8) is 0 Å². The summed E-state index contributed by atoms with van der Waals surface area (Å²) in [5, 5.41) is 24.5. The zero-order chi connectivity index (χ0) is 15.9. The molecule has 0 aliphatic heterocycles. The van der Waals surface area contributed by atoms with Gasteiger partial charge in [-0.2, -0.15) is 5.26 Å². The Balaban J connectivity index is 1.87. The van der Waals surface area contributed by atoms with Crippen LogP contribution in [0.1, 0.15) is 17.2 Å². The van der Waals surface area contributed by atoms with E-state index in [1.165, 1.54) is 0 Å². The van der Waals surface area contributed by atoms with Crippen LogP contribution in [-0.2, 0) is 0 Å². The highest BCUT2D eigenvalue weighted by Crippen LogP contribution is 2.16. The van der Waals surface area contributed by atoms with Crippen molar-refractivity contribution in [3.05, 3.63) is 64.7 Å². The molecule has 0 aliphatic carbocycles. The van der Waals surface area contributed by atoms with Crippen molar-refractivity contribution in [1.29, 1.82) is 5.26 Å². The molecule has 22 heavy (non-hydrogen) atoms. The Morgan fingerprint density at radius 3 is 2.68 bits per heavy atom. The molecule has 0 heterocycles. The number of aliphatic hydroxyl groups excluding tert-OH is 1. The monoisotopic (exact) mass is 315 g/mol. The van der Waals surface area contributed by atoms with E-state index in [0.29, 0.717) is 21.8 Å². The first-order valence-corrected chi connectivity index (χ1v) is 6.95. The summed E-state index contributed by atoms with van der Waals surface area (Å²) in [6, 6.07) is 14.8. The fourth-order valence-electron chi connectivity index (χ4n) is 1.83. The smallest absolute Gasteiger partial charge is 0.319 e. The highest BCUT2D eigenvalue weighted by Gasteiger charge is 2.09. The highest BCUT2D eigenvalue weighted by molar-refractivity contribution is 6.30. The molecule has 0 saturated carbocycles. The maximum Gasteiger partial charge on any atom is 0.319 e. The number of nitrogens with one attached hydrogen (secondary N) is 2. The molecular formula is C16H14ClN3O2. The van der Waals surface area contributed by atoms with Gasteiger partial charge in [0, 0.05) is 17.3 Å². The molecule has 2 aromatic carbocycles. The van der Waals surface area contributed by atoms with Crippen LogP contribution in [-0.4, -0.2) is 17.7 Å². The van der Waals surface area contributed by atoms with Gasteiger partial charge in [0.25, 0.3) is 0 Å². The van der Waals surface area contributed by atoms with Crippen LogP contribution in [0.3, 0.4) is 0 Å². The van der Waals surface area contributed by atoms with Crippen molar-refractivity contribution in [1.82, 2.24) is 5.32 Å². The second kappa shape index (κ2) is 7.46. The molecular weight excluding hydrogens is 302 g/mol. The number of carbonyl (C=O) groups excluding carboxylic acids is 1. The third-order valence-corrected chi connectivity index (χ3v) is 3.21. The van der Waals surface area contributed by atoms with E-state index in [0.717, 1.165) is 0 Å². The molecule has 0 aliphatic rings. The predicted octanol–water partition coefficient (Wildman–Crippen LogP) is 3.07. The lowest BCUT2D eigenvalue weighted by molar-refractivity contribution is 0.175. The van der Waals surface area contributed by atoms with E-state index in [4.69, 9.17) is 16.9 Å². The van der Waals surface area contributed by atoms with E-state index in [9.17, 15) is 9.90 Å². The molecule has 2 rings (SSSR count). The van der Waals surface area contributed by atoms with Crippen LogP contribution in [0, 0.1) is 11.3 Å². The second-order valence-corrected chi connectivity index (χ2v) is 5.03. The third kappa shape index (κ3) is 4.48. The van der Waals surface area contributed by atoms with Crippen LogP contribution < -0.4 is 10.6 Å². The van der Waals surface area contributed by atoms with Crippen LogP contribution >= 0.6 is 11.6 Å². The van der Waals surface area contributed by atoms with Crippen molar-refractivity contribution in [2.75, 3.05) is 11.9 Å². The molecule has 1 atom stereocenters. The molecule has 112 valence electrons. The molecule has 0 saturated heterocycles. The average molecular weight is 316 g/mol. The summed E-state index contributed by atoms with van der Waals surface area (Å²) in [7, 11) is 0. The van der Waals surface area contributed by atoms with Gasteiger partial charge in [0.1, 0.15) is 0 Å². The van der Waals surface area contributed by atoms with Gasteiger partial charge in [0.2, 0.25) is 0 Å². The largest absolute Gasteiger partial charge is 0.387 e. The van der Waals surface area contributed by atoms with Gasteiger partial charge in [-0.05, 0) is 35.9 Å². The molecule has 5 nitrogen and oxygen atoms in total. The summed E-state index contributed by atoms with van der Waals surface area (Å²) >= 11 is 5.77. The van der Waals surface area contributed by atoms with Crippen LogP contribution in [0.5, 0.6) is 0 Å². The van der Waals surface area contributed by atoms with Gasteiger partial charge in [0.15, 0.2) is 0 Å². The van der Waals surface area contributed by atoms with Crippen LogP contribution in [0.25, 0.3) is 0 Å². The number of aliphatic hydroxyl groups is 1. The summed E-state index contributed by atoms with van der Waals surface area (Å²) in [5.74, 6) is 0. The zero-order valence-corrected chi connectivity index (χ0v) is 12.3. The summed E-state index contributed by atoms with van der Waals surface area (Å²) < 4.78 is 0. The lowest BCUT2D eigenvalue weighted by atomic mass is 10.1. The van der Waals surface area contributed by atoms with E-state index >= 15 is 0 Å². The van der Waals surface area contributed by atoms with Crippen molar-refractivity contribution >= 4 is 23.3 Å². The average Bonchev–Trinajstić information content (AvgIpc) is 2.53. The van der Waals surface area contributed by atoms with Crippen LogP contribution in [0.2, 0.25) is 5.02 Å². The Morgan fingerprint density at radius 1 is 1.27 bits per heavy atom. The van der Waals surface area contributed by atoms with Crippen molar-refractivity contribution in [3.8, 4) is 6.07 Å². The summed E-state index contributed by atoms with van der Waals surface area (Å²) in [5.41, 5.74) is 1.63. The van der Waals surface area contributed by atoms with Gasteiger partial charge in [-0.3, -0.25) is 0 Å². The minimum Gasteiger partial charge on any atom is -0.387 e. The van der Waals surface area contributed by atoms with Gasteiger partial charge in [-0.25, -0.2) is 4.79 Å². The van der Waals surface area contributed by atoms with Crippen molar-refractivity contribution < 1.29 is 9.90 Å². The first-order valence-electron chi connectivity index (χ1n) is 6.57. The van der Waals surface area contributed by atoms with Crippen LogP contribution in [0.4, 0.5) is 10.5 Å². The second-order valence-electron chi connectivity index (χ2n) is 4.59. The number of anilines is 1. The van der Waals surface area contributed by atoms with Gasteiger partial charge >= 0.3 is 6.03 Å². The van der Waals surface area contributed by atoms with E-state index in [-0.39, 0.29) is 6.54 Å². The number of hydrogen-bond donors (Lipinski definition) is 3. The number of rotatable bonds is 4. The van der Waals surface area contributed by atoms with Gasteiger partial charge in [0.05, 0.1) is 17.7 Å². The quantitative estimate of drug-likeness (QED) is 0.810. The van der Waals surface area contributed by atoms with Gasteiger partial charge < -0.3 is 15.7 Å². The summed E-state index contributed by atoms with van der Waals surface area (Å²) in [4.78, 5) is 11.8. The fourth-order valence-corrected chi connectivity index (χ4v) is 1.96. The Hall–Kier alpha value is -2.55. The fraction of sp³-hybridized carbons (Fsp3) is 0.125. The van der Waals surface area contributed by atoms with E-state index in [1.807, 2.05) is 6.07 Å². The summed E-state index contributed by atoms with van der Waals surface area (Å²) in [6.45, 7) is 0.0609. The zero-order valence-electron chi connectivity index (χ0n) is 11.6. The first kappa shape index (κ1) is 15.8. The van der Waals surface area contributed by atoms with Gasteiger partial charge in [-0.1, -0.05) is 29.8 Å². The van der Waals surface area contributed by atoms with E-state index in [1.54, 1.807) is 48.5 Å². The molecule has 1 unspecified atom stereocenters. The molecule has 3 N–H and O–H groups in total. The molecule has 0 spiro atoms. The minimum atomic E-state index is -0.826. The topological polar surface area (TPSA) is 85.2 Å². The SMILES string of the molecule is N#Cc1cccc(NC(=O)NCC(O)c2ccc(Cl)cc2)c1. The first-order chi connectivity index (χ1) is 10.6. The summed E-state index contributed by atoms with van der Waals surface area (Å²) in [6.07, 6.45) is -0.826. The van der Waals surface area contributed by atoms with Crippen LogP contribution in [0.15, 0.2) is 48.5 Å². The molecule has 0 radical (unpaired) electrons. The Bertz CT molecular complexity index is 695.